The molecule has 1 fully saturated rings. The van der Waals surface area contributed by atoms with Crippen LogP contribution in [0, 0.1) is 11.3 Å². The first kappa shape index (κ1) is 22.9. The van der Waals surface area contributed by atoms with Gasteiger partial charge in [-0.1, -0.05) is 20.8 Å². The molecule has 2 unspecified atom stereocenters. The molecule has 0 aliphatic carbocycles. The molecule has 1 saturated heterocycles. The molecule has 25 heavy (non-hydrogen) atoms. The summed E-state index contributed by atoms with van der Waals surface area (Å²) in [6, 6.07) is 0. The van der Waals surface area contributed by atoms with Gasteiger partial charge in [0.15, 0.2) is 0 Å². The molecular formula is C21H43NO3. The largest absolute Gasteiger partial charge is 0.376 e. The zero-order chi connectivity index (χ0) is 19.5. The second kappa shape index (κ2) is 8.24. The van der Waals surface area contributed by atoms with Crippen molar-refractivity contribution >= 4 is 0 Å². The monoisotopic (exact) mass is 357 g/mol. The molecule has 150 valence electrons. The maximum absolute atomic E-state index is 6.42. The van der Waals surface area contributed by atoms with Crippen molar-refractivity contribution in [2.24, 2.45) is 11.3 Å². The molecule has 0 saturated carbocycles. The van der Waals surface area contributed by atoms with E-state index in [1.165, 1.54) is 0 Å². The maximum atomic E-state index is 6.42. The van der Waals surface area contributed by atoms with Crippen LogP contribution in [0.15, 0.2) is 0 Å². The van der Waals surface area contributed by atoms with Crippen LogP contribution in [-0.2, 0) is 14.2 Å². The fourth-order valence-corrected chi connectivity index (χ4v) is 2.39. The molecule has 1 rings (SSSR count). The zero-order valence-corrected chi connectivity index (χ0v) is 18.4. The quantitative estimate of drug-likeness (QED) is 0.556. The summed E-state index contributed by atoms with van der Waals surface area (Å²) in [5, 5.41) is 3.62. The van der Waals surface area contributed by atoms with E-state index in [0.29, 0.717) is 12.0 Å². The van der Waals surface area contributed by atoms with E-state index in [1.807, 2.05) is 0 Å². The van der Waals surface area contributed by atoms with Crippen molar-refractivity contribution < 1.29 is 14.2 Å². The van der Waals surface area contributed by atoms with E-state index in [0.717, 1.165) is 32.8 Å². The lowest BCUT2D eigenvalue weighted by atomic mass is 9.74. The molecule has 1 aliphatic heterocycles. The Morgan fingerprint density at radius 1 is 1.00 bits per heavy atom. The molecule has 0 radical (unpaired) electrons. The van der Waals surface area contributed by atoms with Crippen LogP contribution in [0.4, 0.5) is 0 Å². The van der Waals surface area contributed by atoms with E-state index in [9.17, 15) is 0 Å². The molecule has 4 heteroatoms. The van der Waals surface area contributed by atoms with Crippen LogP contribution in [-0.4, -0.2) is 49.2 Å². The first-order valence-electron chi connectivity index (χ1n) is 9.81. The van der Waals surface area contributed by atoms with Gasteiger partial charge in [-0.2, -0.15) is 0 Å². The van der Waals surface area contributed by atoms with E-state index < -0.39 is 0 Å². The average molecular weight is 358 g/mol. The highest BCUT2D eigenvalue weighted by Crippen LogP contribution is 2.38. The molecule has 1 heterocycles. The highest BCUT2D eigenvalue weighted by molar-refractivity contribution is 4.90. The molecule has 0 aromatic carbocycles. The lowest BCUT2D eigenvalue weighted by Crippen LogP contribution is -2.50. The normalized spacial score (nSPS) is 20.6. The molecule has 0 aromatic rings. The number of hydrogen-bond donors (Lipinski definition) is 1. The van der Waals surface area contributed by atoms with Gasteiger partial charge in [0.25, 0.3) is 0 Å². The summed E-state index contributed by atoms with van der Waals surface area (Å²) >= 11 is 0. The molecular weight excluding hydrogens is 314 g/mol. The Kier molecular flexibility index (Phi) is 7.55. The fourth-order valence-electron chi connectivity index (χ4n) is 2.39. The molecule has 0 aromatic heterocycles. The van der Waals surface area contributed by atoms with E-state index in [4.69, 9.17) is 14.2 Å². The van der Waals surface area contributed by atoms with Gasteiger partial charge in [-0.15, -0.1) is 0 Å². The van der Waals surface area contributed by atoms with E-state index in [2.05, 4.69) is 74.6 Å². The van der Waals surface area contributed by atoms with Gasteiger partial charge in [0.2, 0.25) is 0 Å². The van der Waals surface area contributed by atoms with Crippen molar-refractivity contribution in [2.75, 3.05) is 26.4 Å². The molecule has 0 amide bonds. The smallest absolute Gasteiger partial charge is 0.0934 e. The standard InChI is InChI=1S/C21H43NO3/c1-16(20(7,8)22-13-17-15-23-17)14-25-21(9,10)19(5,6)11-12-24-18(2,3)4/h16-17,22H,11-15H2,1-10H3. The van der Waals surface area contributed by atoms with E-state index >= 15 is 0 Å². The number of hydrogen-bond acceptors (Lipinski definition) is 4. The average Bonchev–Trinajstić information content (AvgIpc) is 3.25. The van der Waals surface area contributed by atoms with Crippen molar-refractivity contribution in [3.05, 3.63) is 0 Å². The Morgan fingerprint density at radius 2 is 1.56 bits per heavy atom. The Bertz CT molecular complexity index is 406. The summed E-state index contributed by atoms with van der Waals surface area (Å²) in [5.74, 6) is 0.409. The maximum Gasteiger partial charge on any atom is 0.0934 e. The topological polar surface area (TPSA) is 43.0 Å². The van der Waals surface area contributed by atoms with Crippen LogP contribution in [0.1, 0.15) is 75.7 Å². The first-order valence-corrected chi connectivity index (χ1v) is 9.81. The lowest BCUT2D eigenvalue weighted by molar-refractivity contribution is -0.127. The van der Waals surface area contributed by atoms with Crippen LogP contribution in [0.2, 0.25) is 0 Å². The molecule has 1 N–H and O–H groups in total. The molecule has 4 nitrogen and oxygen atoms in total. The minimum Gasteiger partial charge on any atom is -0.376 e. The van der Waals surface area contributed by atoms with E-state index in [-0.39, 0.29) is 22.2 Å². The number of rotatable bonds is 11. The first-order chi connectivity index (χ1) is 11.2. The van der Waals surface area contributed by atoms with Gasteiger partial charge in [-0.3, -0.25) is 0 Å². The Labute approximate surface area is 156 Å². The predicted octanol–water partition coefficient (Wildman–Crippen LogP) is 4.42. The Hall–Kier alpha value is -0.160. The van der Waals surface area contributed by atoms with Crippen molar-refractivity contribution in [3.63, 3.8) is 0 Å². The highest BCUT2D eigenvalue weighted by Gasteiger charge is 2.39. The van der Waals surface area contributed by atoms with Crippen LogP contribution in [0.3, 0.4) is 0 Å². The Balaban J connectivity index is 2.47. The summed E-state index contributed by atoms with van der Waals surface area (Å²) in [7, 11) is 0. The molecule has 0 spiro atoms. The summed E-state index contributed by atoms with van der Waals surface area (Å²) in [6.07, 6.45) is 1.39. The SMILES string of the molecule is CC(COC(C)(C)C(C)(C)CCOC(C)(C)C)C(C)(C)NCC1CO1. The van der Waals surface area contributed by atoms with Crippen molar-refractivity contribution in [3.8, 4) is 0 Å². The van der Waals surface area contributed by atoms with Crippen LogP contribution >= 0.6 is 0 Å². The minimum absolute atomic E-state index is 0.0293. The third-order valence-corrected chi connectivity index (χ3v) is 6.01. The van der Waals surface area contributed by atoms with Gasteiger partial charge in [0, 0.05) is 18.7 Å². The van der Waals surface area contributed by atoms with Gasteiger partial charge in [-0.25, -0.2) is 0 Å². The van der Waals surface area contributed by atoms with Crippen LogP contribution in [0.5, 0.6) is 0 Å². The van der Waals surface area contributed by atoms with Gasteiger partial charge < -0.3 is 19.5 Å². The van der Waals surface area contributed by atoms with Crippen molar-refractivity contribution in [1.29, 1.82) is 0 Å². The third kappa shape index (κ3) is 7.94. The van der Waals surface area contributed by atoms with Crippen LogP contribution in [0.25, 0.3) is 0 Å². The minimum atomic E-state index is -0.210. The Morgan fingerprint density at radius 3 is 2.04 bits per heavy atom. The van der Waals surface area contributed by atoms with Gasteiger partial charge in [0.05, 0.1) is 30.5 Å². The van der Waals surface area contributed by atoms with Gasteiger partial charge >= 0.3 is 0 Å². The molecule has 0 bridgehead atoms. The van der Waals surface area contributed by atoms with Gasteiger partial charge in [-0.05, 0) is 66.2 Å². The van der Waals surface area contributed by atoms with Crippen LogP contribution < -0.4 is 5.32 Å². The fraction of sp³-hybridized carbons (Fsp3) is 1.00. The van der Waals surface area contributed by atoms with Crippen molar-refractivity contribution in [1.82, 2.24) is 5.32 Å². The number of nitrogens with one attached hydrogen (secondary N) is 1. The second-order valence-electron chi connectivity index (χ2n) is 10.4. The number of ether oxygens (including phenoxy) is 3. The van der Waals surface area contributed by atoms with Gasteiger partial charge in [0.1, 0.15) is 0 Å². The third-order valence-electron chi connectivity index (χ3n) is 6.01. The predicted molar refractivity (Wildman–Crippen MR) is 105 cm³/mol. The summed E-state index contributed by atoms with van der Waals surface area (Å²) in [4.78, 5) is 0. The number of epoxide rings is 1. The highest BCUT2D eigenvalue weighted by atomic mass is 16.6. The molecule has 1 aliphatic rings. The summed E-state index contributed by atoms with van der Waals surface area (Å²) < 4.78 is 17.6. The molecule has 2 atom stereocenters. The second-order valence-corrected chi connectivity index (χ2v) is 10.4. The zero-order valence-electron chi connectivity index (χ0n) is 18.4. The lowest BCUT2D eigenvalue weighted by Gasteiger charge is -2.44. The summed E-state index contributed by atoms with van der Waals surface area (Å²) in [6.45, 7) is 25.3. The summed E-state index contributed by atoms with van der Waals surface area (Å²) in [5.41, 5.74) is -0.229. The van der Waals surface area contributed by atoms with Crippen molar-refractivity contribution in [2.45, 2.75) is 98.5 Å². The van der Waals surface area contributed by atoms with E-state index in [1.54, 1.807) is 0 Å².